The fourth-order valence-electron chi connectivity index (χ4n) is 3.01. The number of ketones is 1. The van der Waals surface area contributed by atoms with Gasteiger partial charge in [-0.3, -0.25) is 9.59 Å². The second-order valence-electron chi connectivity index (χ2n) is 5.48. The van der Waals surface area contributed by atoms with Gasteiger partial charge in [0.15, 0.2) is 4.33 Å². The largest absolute Gasteiger partial charge is 0.481 e. The van der Waals surface area contributed by atoms with Crippen molar-refractivity contribution < 1.29 is 14.7 Å². The van der Waals surface area contributed by atoms with Crippen molar-refractivity contribution in [3.63, 3.8) is 0 Å². The zero-order valence-corrected chi connectivity index (χ0v) is 15.3. The molecule has 2 aliphatic carbocycles. The molecule has 3 nitrogen and oxygen atoms in total. The number of halogens is 6. The maximum Gasteiger partial charge on any atom is 0.309 e. The summed E-state index contributed by atoms with van der Waals surface area (Å²) in [6.07, 6.45) is 0. The molecule has 0 saturated heterocycles. The first-order valence-corrected chi connectivity index (χ1v) is 8.21. The monoisotopic (exact) mass is 412 g/mol. The van der Waals surface area contributed by atoms with Gasteiger partial charge < -0.3 is 5.11 Å². The number of rotatable bonds is 3. The number of carboxylic acid groups (broad SMARTS) is 1. The smallest absolute Gasteiger partial charge is 0.309 e. The topological polar surface area (TPSA) is 54.4 Å². The lowest BCUT2D eigenvalue weighted by Gasteiger charge is -2.34. The van der Waals surface area contributed by atoms with E-state index < -0.39 is 43.6 Å². The third kappa shape index (κ3) is 1.82. The Bertz CT molecular complexity index is 571. The molecule has 1 saturated carbocycles. The van der Waals surface area contributed by atoms with Crippen LogP contribution in [-0.4, -0.2) is 30.9 Å². The van der Waals surface area contributed by atoms with E-state index in [9.17, 15) is 14.7 Å². The Morgan fingerprint density at radius 1 is 1.00 bits per heavy atom. The van der Waals surface area contributed by atoms with Crippen LogP contribution in [0.4, 0.5) is 0 Å². The van der Waals surface area contributed by atoms with Crippen LogP contribution in [0, 0.1) is 17.8 Å². The van der Waals surface area contributed by atoms with Gasteiger partial charge in [-0.1, -0.05) is 60.3 Å². The summed E-state index contributed by atoms with van der Waals surface area (Å²) in [5.41, 5.74) is 0. The van der Waals surface area contributed by atoms with Crippen molar-refractivity contribution in [2.45, 2.75) is 27.9 Å². The predicted molar refractivity (Wildman–Crippen MR) is 84.8 cm³/mol. The van der Waals surface area contributed by atoms with E-state index in [0.29, 0.717) is 0 Å². The standard InChI is InChI=1S/C12H10Cl6O3/c1-3(2)6(19)4-5(9(20)21)11(16)8(14)7(13)10(4,15)12(11,17)18/h3-5H,1-2H3,(H,20,21)/t4-,5+,10?,11?/m1/s1. The van der Waals surface area contributed by atoms with Gasteiger partial charge in [0, 0.05) is 5.92 Å². The molecule has 118 valence electrons. The summed E-state index contributed by atoms with van der Waals surface area (Å²) in [7, 11) is 0. The highest BCUT2D eigenvalue weighted by atomic mass is 35.5. The molecule has 21 heavy (non-hydrogen) atoms. The van der Waals surface area contributed by atoms with Crippen LogP contribution in [0.5, 0.6) is 0 Å². The molecule has 2 rings (SSSR count). The van der Waals surface area contributed by atoms with Gasteiger partial charge in [0.2, 0.25) is 0 Å². The van der Waals surface area contributed by atoms with E-state index >= 15 is 0 Å². The van der Waals surface area contributed by atoms with Crippen molar-refractivity contribution >= 4 is 81.4 Å². The highest BCUT2D eigenvalue weighted by molar-refractivity contribution is 6.66. The number of fused-ring (bicyclic) bond motifs is 2. The van der Waals surface area contributed by atoms with Gasteiger partial charge in [-0.25, -0.2) is 0 Å². The summed E-state index contributed by atoms with van der Waals surface area (Å²) >= 11 is 37.5. The molecule has 0 aliphatic heterocycles. The Balaban J connectivity index is 2.80. The minimum atomic E-state index is -2.03. The summed E-state index contributed by atoms with van der Waals surface area (Å²) in [5, 5.41) is 9.11. The molecule has 2 unspecified atom stereocenters. The lowest BCUT2D eigenvalue weighted by Crippen LogP contribution is -2.46. The third-order valence-electron chi connectivity index (χ3n) is 4.08. The summed E-state index contributed by atoms with van der Waals surface area (Å²) in [6, 6.07) is 0. The normalized spacial score (nSPS) is 41.0. The second kappa shape index (κ2) is 5.06. The highest BCUT2D eigenvalue weighted by Crippen LogP contribution is 2.76. The number of alkyl halides is 4. The Morgan fingerprint density at radius 2 is 1.38 bits per heavy atom. The fourth-order valence-corrected chi connectivity index (χ4v) is 5.96. The van der Waals surface area contributed by atoms with Crippen LogP contribution in [0.3, 0.4) is 0 Å². The van der Waals surface area contributed by atoms with Crippen LogP contribution in [0.15, 0.2) is 10.1 Å². The van der Waals surface area contributed by atoms with E-state index in [1.165, 1.54) is 0 Å². The number of allylic oxidation sites excluding steroid dienone is 2. The maximum absolute atomic E-state index is 12.5. The van der Waals surface area contributed by atoms with Crippen LogP contribution in [0.2, 0.25) is 0 Å². The van der Waals surface area contributed by atoms with E-state index in [4.69, 9.17) is 69.6 Å². The lowest BCUT2D eigenvalue weighted by atomic mass is 9.76. The SMILES string of the molecule is CC(C)C(=O)[C@H]1[C@@H](C(=O)O)C2(Cl)C(Cl)=C(Cl)C1(Cl)C2(Cl)Cl. The van der Waals surface area contributed by atoms with Gasteiger partial charge in [-0.05, 0) is 0 Å². The van der Waals surface area contributed by atoms with E-state index in [1.807, 2.05) is 0 Å². The zero-order chi connectivity index (χ0) is 16.5. The second-order valence-corrected chi connectivity index (χ2v) is 8.75. The number of hydrogen-bond acceptors (Lipinski definition) is 2. The van der Waals surface area contributed by atoms with E-state index in [1.54, 1.807) is 13.8 Å². The van der Waals surface area contributed by atoms with Gasteiger partial charge in [-0.15, -0.1) is 23.2 Å². The Kier molecular flexibility index (Phi) is 4.33. The van der Waals surface area contributed by atoms with Crippen LogP contribution in [-0.2, 0) is 9.59 Å². The molecule has 1 fully saturated rings. The molecule has 0 aromatic rings. The Morgan fingerprint density at radius 3 is 1.71 bits per heavy atom. The van der Waals surface area contributed by atoms with E-state index in [2.05, 4.69) is 0 Å². The molecule has 9 heteroatoms. The van der Waals surface area contributed by atoms with Crippen molar-refractivity contribution in [1.29, 1.82) is 0 Å². The molecule has 0 radical (unpaired) electrons. The van der Waals surface area contributed by atoms with Crippen molar-refractivity contribution in [3.05, 3.63) is 10.1 Å². The third-order valence-corrected chi connectivity index (χ3v) is 8.34. The van der Waals surface area contributed by atoms with Crippen LogP contribution >= 0.6 is 69.6 Å². The number of Topliss-reactive ketones (excluding diaryl/α,β-unsaturated/α-hetero) is 1. The minimum Gasteiger partial charge on any atom is -0.481 e. The summed E-state index contributed by atoms with van der Waals surface area (Å²) in [6.45, 7) is 3.22. The Labute approximate surface area is 151 Å². The molecule has 0 amide bonds. The van der Waals surface area contributed by atoms with Gasteiger partial charge in [0.25, 0.3) is 0 Å². The van der Waals surface area contributed by atoms with Crippen molar-refractivity contribution in [2.24, 2.45) is 17.8 Å². The average Bonchev–Trinajstić information content (AvgIpc) is 2.57. The number of carbonyl (C=O) groups is 2. The molecular formula is C12H10Cl6O3. The first kappa shape index (κ1) is 18.0. The first-order chi connectivity index (χ1) is 9.36. The van der Waals surface area contributed by atoms with Gasteiger partial charge >= 0.3 is 5.97 Å². The maximum atomic E-state index is 12.5. The lowest BCUT2D eigenvalue weighted by molar-refractivity contribution is -0.147. The molecule has 2 bridgehead atoms. The van der Waals surface area contributed by atoms with Gasteiger partial charge in [-0.2, -0.15) is 0 Å². The molecule has 1 N–H and O–H groups in total. The molecule has 0 aromatic heterocycles. The minimum absolute atomic E-state index is 0.178. The predicted octanol–water partition coefficient (Wildman–Crippen LogP) is 4.37. The average molecular weight is 415 g/mol. The van der Waals surface area contributed by atoms with Crippen molar-refractivity contribution in [1.82, 2.24) is 0 Å². The summed E-state index contributed by atoms with van der Waals surface area (Å²) in [4.78, 5) is 20.3. The van der Waals surface area contributed by atoms with E-state index in [0.717, 1.165) is 0 Å². The zero-order valence-electron chi connectivity index (χ0n) is 10.8. The number of carbonyl (C=O) groups excluding carboxylic acids is 1. The van der Waals surface area contributed by atoms with Crippen LogP contribution in [0.25, 0.3) is 0 Å². The van der Waals surface area contributed by atoms with Crippen molar-refractivity contribution in [3.8, 4) is 0 Å². The van der Waals surface area contributed by atoms with Crippen LogP contribution in [0.1, 0.15) is 13.8 Å². The number of hydrogen-bond donors (Lipinski definition) is 1. The molecule has 4 atom stereocenters. The first-order valence-electron chi connectivity index (χ1n) is 5.95. The number of carboxylic acids is 1. The number of aliphatic carboxylic acids is 1. The summed E-state index contributed by atoms with van der Waals surface area (Å²) < 4.78 is -2.03. The molecule has 0 heterocycles. The quantitative estimate of drug-likeness (QED) is 0.697. The highest BCUT2D eigenvalue weighted by Gasteiger charge is 2.85. The molecule has 0 aromatic carbocycles. The van der Waals surface area contributed by atoms with Crippen LogP contribution < -0.4 is 0 Å². The molecule has 0 spiro atoms. The molecular weight excluding hydrogens is 405 g/mol. The van der Waals surface area contributed by atoms with Crippen molar-refractivity contribution in [2.75, 3.05) is 0 Å². The van der Waals surface area contributed by atoms with Gasteiger partial charge in [0.05, 0.1) is 21.9 Å². The Hall–Kier alpha value is 0.620. The summed E-state index contributed by atoms with van der Waals surface area (Å²) in [5.74, 6) is -5.05. The fraction of sp³-hybridized carbons (Fsp3) is 0.667. The molecule has 2 aliphatic rings. The van der Waals surface area contributed by atoms with E-state index in [-0.39, 0.29) is 10.1 Å². The van der Waals surface area contributed by atoms with Gasteiger partial charge in [0.1, 0.15) is 15.5 Å².